The number of rotatable bonds is 4. The SMILES string of the molecule is Cc1ccc(CNC(=O)[C@@]2(O)c3ccccc3NC(=O)N2c2c(F)cccc2F)cc1. The lowest BCUT2D eigenvalue weighted by Gasteiger charge is -2.42. The second-order valence-electron chi connectivity index (χ2n) is 7.22. The van der Waals surface area contributed by atoms with E-state index in [1.807, 2.05) is 19.1 Å². The molecule has 0 saturated carbocycles. The van der Waals surface area contributed by atoms with E-state index in [1.54, 1.807) is 24.3 Å². The van der Waals surface area contributed by atoms with E-state index >= 15 is 0 Å². The van der Waals surface area contributed by atoms with E-state index in [0.29, 0.717) is 4.90 Å². The van der Waals surface area contributed by atoms with Gasteiger partial charge < -0.3 is 15.7 Å². The number of nitrogens with zero attached hydrogens (tertiary/aromatic N) is 1. The quantitative estimate of drug-likeness (QED) is 0.597. The van der Waals surface area contributed by atoms with Gasteiger partial charge in [0.15, 0.2) is 0 Å². The number of benzene rings is 3. The Morgan fingerprint density at radius 1 is 1.03 bits per heavy atom. The average molecular weight is 423 g/mol. The van der Waals surface area contributed by atoms with Gasteiger partial charge in [0.05, 0.1) is 5.69 Å². The fourth-order valence-electron chi connectivity index (χ4n) is 3.54. The highest BCUT2D eigenvalue weighted by molar-refractivity contribution is 6.12. The van der Waals surface area contributed by atoms with Gasteiger partial charge in [-0.25, -0.2) is 18.5 Å². The Kier molecular flexibility index (Phi) is 5.16. The topological polar surface area (TPSA) is 81.7 Å². The predicted octanol–water partition coefficient (Wildman–Crippen LogP) is 3.79. The van der Waals surface area contributed by atoms with Crippen molar-refractivity contribution in [3.8, 4) is 0 Å². The number of hydrogen-bond acceptors (Lipinski definition) is 3. The molecule has 0 spiro atoms. The molecule has 158 valence electrons. The standard InChI is InChI=1S/C23H19F2N3O3/c1-14-9-11-15(12-10-14)13-26-21(29)23(31)16-5-2-3-8-19(16)27-22(30)28(23)20-17(24)6-4-7-18(20)25/h2-12,31H,13H2,1H3,(H,26,29)(H,27,30)/t23-/m0/s1. The Bertz CT molecular complexity index is 1150. The summed E-state index contributed by atoms with van der Waals surface area (Å²) >= 11 is 0. The molecule has 0 aromatic heterocycles. The van der Waals surface area contributed by atoms with Crippen molar-refractivity contribution in [3.63, 3.8) is 0 Å². The minimum atomic E-state index is -2.69. The molecule has 6 nitrogen and oxygen atoms in total. The number of anilines is 2. The van der Waals surface area contributed by atoms with Gasteiger partial charge in [0.25, 0.3) is 11.6 Å². The van der Waals surface area contributed by atoms with Crippen LogP contribution in [0.25, 0.3) is 0 Å². The molecule has 0 fully saturated rings. The summed E-state index contributed by atoms with van der Waals surface area (Å²) in [4.78, 5) is 26.5. The molecule has 0 radical (unpaired) electrons. The molecule has 1 aliphatic heterocycles. The normalized spacial score (nSPS) is 17.7. The highest BCUT2D eigenvalue weighted by Crippen LogP contribution is 2.41. The maximum Gasteiger partial charge on any atom is 0.329 e. The highest BCUT2D eigenvalue weighted by Gasteiger charge is 2.53. The van der Waals surface area contributed by atoms with Gasteiger partial charge in [-0.05, 0) is 30.7 Å². The summed E-state index contributed by atoms with van der Waals surface area (Å²) in [7, 11) is 0. The van der Waals surface area contributed by atoms with Gasteiger partial charge in [-0.15, -0.1) is 0 Å². The van der Waals surface area contributed by atoms with Gasteiger partial charge >= 0.3 is 6.03 Å². The summed E-state index contributed by atoms with van der Waals surface area (Å²) in [5, 5.41) is 16.6. The average Bonchev–Trinajstić information content (AvgIpc) is 2.75. The molecule has 1 aliphatic rings. The van der Waals surface area contributed by atoms with E-state index in [4.69, 9.17) is 0 Å². The van der Waals surface area contributed by atoms with Crippen LogP contribution in [0.1, 0.15) is 16.7 Å². The minimum absolute atomic E-state index is 0.0151. The van der Waals surface area contributed by atoms with Crippen LogP contribution >= 0.6 is 0 Å². The third kappa shape index (κ3) is 3.51. The van der Waals surface area contributed by atoms with Crippen LogP contribution in [0.15, 0.2) is 66.7 Å². The van der Waals surface area contributed by atoms with E-state index in [1.165, 1.54) is 12.1 Å². The van der Waals surface area contributed by atoms with Crippen molar-refractivity contribution in [1.82, 2.24) is 5.32 Å². The van der Waals surface area contributed by atoms with Crippen LogP contribution in [0.3, 0.4) is 0 Å². The van der Waals surface area contributed by atoms with E-state index in [2.05, 4.69) is 10.6 Å². The molecule has 4 rings (SSSR count). The van der Waals surface area contributed by atoms with Crippen LogP contribution in [-0.4, -0.2) is 17.0 Å². The summed E-state index contributed by atoms with van der Waals surface area (Å²) in [6.45, 7) is 1.96. The first kappa shape index (κ1) is 20.5. The number of amides is 3. The smallest absolute Gasteiger partial charge is 0.329 e. The van der Waals surface area contributed by atoms with Gasteiger partial charge in [-0.3, -0.25) is 4.79 Å². The molecule has 0 unspecified atom stereocenters. The third-order valence-electron chi connectivity index (χ3n) is 5.12. The second-order valence-corrected chi connectivity index (χ2v) is 7.22. The number of urea groups is 1. The first-order chi connectivity index (χ1) is 14.8. The Labute approximate surface area is 177 Å². The Morgan fingerprint density at radius 3 is 2.35 bits per heavy atom. The molecule has 3 aromatic rings. The number of halogens is 2. The number of hydrogen-bond donors (Lipinski definition) is 3. The predicted molar refractivity (Wildman–Crippen MR) is 111 cm³/mol. The van der Waals surface area contributed by atoms with Crippen molar-refractivity contribution < 1.29 is 23.5 Å². The fraction of sp³-hybridized carbons (Fsp3) is 0.130. The number of fused-ring (bicyclic) bond motifs is 1. The van der Waals surface area contributed by atoms with Crippen molar-refractivity contribution in [1.29, 1.82) is 0 Å². The van der Waals surface area contributed by atoms with Crippen molar-refractivity contribution >= 4 is 23.3 Å². The molecule has 1 heterocycles. The van der Waals surface area contributed by atoms with E-state index in [-0.39, 0.29) is 17.8 Å². The first-order valence-corrected chi connectivity index (χ1v) is 9.53. The summed E-state index contributed by atoms with van der Waals surface area (Å²) in [5.41, 5.74) is -1.59. The fourth-order valence-corrected chi connectivity index (χ4v) is 3.54. The molecule has 0 saturated heterocycles. The third-order valence-corrected chi connectivity index (χ3v) is 5.12. The zero-order valence-corrected chi connectivity index (χ0v) is 16.5. The van der Waals surface area contributed by atoms with Crippen LogP contribution in [0.2, 0.25) is 0 Å². The largest absolute Gasteiger partial charge is 0.359 e. The number of aryl methyl sites for hydroxylation is 1. The van der Waals surface area contributed by atoms with Gasteiger partial charge in [0.1, 0.15) is 17.3 Å². The second kappa shape index (κ2) is 7.81. The van der Waals surface area contributed by atoms with Crippen LogP contribution < -0.4 is 15.5 Å². The molecule has 3 amide bonds. The van der Waals surface area contributed by atoms with Crippen LogP contribution in [0.4, 0.5) is 25.0 Å². The summed E-state index contributed by atoms with van der Waals surface area (Å²) in [5.74, 6) is -3.20. The molecule has 3 aromatic carbocycles. The van der Waals surface area contributed by atoms with Crippen molar-refractivity contribution in [2.45, 2.75) is 19.2 Å². The lowest BCUT2D eigenvalue weighted by molar-refractivity contribution is -0.140. The molecule has 8 heteroatoms. The lowest BCUT2D eigenvalue weighted by Crippen LogP contribution is -2.62. The molecule has 1 atom stereocenters. The molecule has 0 aliphatic carbocycles. The molecular formula is C23H19F2N3O3. The Morgan fingerprint density at radius 2 is 1.68 bits per heavy atom. The number of nitrogens with one attached hydrogen (secondary N) is 2. The number of carbonyl (C=O) groups excluding carboxylic acids is 2. The van der Waals surface area contributed by atoms with Gasteiger partial charge in [0, 0.05) is 12.1 Å². The zero-order valence-electron chi connectivity index (χ0n) is 16.5. The maximum absolute atomic E-state index is 14.6. The first-order valence-electron chi connectivity index (χ1n) is 9.53. The monoisotopic (exact) mass is 423 g/mol. The Balaban J connectivity index is 1.79. The molecule has 31 heavy (non-hydrogen) atoms. The zero-order chi connectivity index (χ0) is 22.2. The van der Waals surface area contributed by atoms with Gasteiger partial charge in [-0.2, -0.15) is 0 Å². The van der Waals surface area contributed by atoms with Crippen molar-refractivity contribution in [2.75, 3.05) is 10.2 Å². The van der Waals surface area contributed by atoms with E-state index in [9.17, 15) is 23.5 Å². The number of carbonyl (C=O) groups is 2. The van der Waals surface area contributed by atoms with Gasteiger partial charge in [-0.1, -0.05) is 54.1 Å². The van der Waals surface area contributed by atoms with Crippen molar-refractivity contribution in [2.24, 2.45) is 0 Å². The summed E-state index contributed by atoms with van der Waals surface area (Å²) < 4.78 is 29.2. The molecule has 0 bridgehead atoms. The Hall–Kier alpha value is -3.78. The van der Waals surface area contributed by atoms with Crippen molar-refractivity contribution in [3.05, 3.63) is 95.1 Å². The maximum atomic E-state index is 14.6. The van der Waals surface area contributed by atoms with E-state index in [0.717, 1.165) is 29.3 Å². The van der Waals surface area contributed by atoms with Crippen LogP contribution in [0, 0.1) is 18.6 Å². The summed E-state index contributed by atoms with van der Waals surface area (Å²) in [6.07, 6.45) is 0. The van der Waals surface area contributed by atoms with Crippen LogP contribution in [0.5, 0.6) is 0 Å². The molecule has 3 N–H and O–H groups in total. The number of para-hydroxylation sites is 2. The lowest BCUT2D eigenvalue weighted by atomic mass is 9.94. The minimum Gasteiger partial charge on any atom is -0.359 e. The van der Waals surface area contributed by atoms with Gasteiger partial charge in [0.2, 0.25) is 0 Å². The number of aliphatic hydroxyl groups is 1. The molecular weight excluding hydrogens is 404 g/mol. The highest BCUT2D eigenvalue weighted by atomic mass is 19.1. The van der Waals surface area contributed by atoms with E-state index < -0.39 is 35.0 Å². The van der Waals surface area contributed by atoms with Crippen LogP contribution in [-0.2, 0) is 17.1 Å². The summed E-state index contributed by atoms with van der Waals surface area (Å²) in [6, 6.07) is 15.3.